The lowest BCUT2D eigenvalue weighted by atomic mass is 10.2. The summed E-state index contributed by atoms with van der Waals surface area (Å²) in [6.07, 6.45) is 0. The summed E-state index contributed by atoms with van der Waals surface area (Å²) in [4.78, 5) is -0.0567. The summed E-state index contributed by atoms with van der Waals surface area (Å²) in [7, 11) is -3.77. The van der Waals surface area contributed by atoms with Crippen molar-refractivity contribution in [2.45, 2.75) is 10.6 Å². The van der Waals surface area contributed by atoms with Gasteiger partial charge in [-0.2, -0.15) is 0 Å². The Bertz CT molecular complexity index is 714. The maximum atomic E-state index is 13.5. The van der Waals surface area contributed by atoms with Crippen molar-refractivity contribution in [1.82, 2.24) is 0 Å². The Hall–Kier alpha value is -1.95. The SMILES string of the molecule is Nc1ccccc1S(=O)(=O)Cc1ccc(F)cc1F. The molecule has 0 saturated carbocycles. The summed E-state index contributed by atoms with van der Waals surface area (Å²) in [5.74, 6) is -2.20. The molecule has 6 heteroatoms. The van der Waals surface area contributed by atoms with Gasteiger partial charge in [-0.25, -0.2) is 17.2 Å². The minimum Gasteiger partial charge on any atom is -0.398 e. The van der Waals surface area contributed by atoms with Crippen LogP contribution in [0.15, 0.2) is 47.4 Å². The molecule has 2 aromatic carbocycles. The van der Waals surface area contributed by atoms with Crippen LogP contribution in [-0.2, 0) is 15.6 Å². The van der Waals surface area contributed by atoms with Gasteiger partial charge in [-0.15, -0.1) is 0 Å². The molecular weight excluding hydrogens is 272 g/mol. The summed E-state index contributed by atoms with van der Waals surface area (Å²) in [6, 6.07) is 8.72. The van der Waals surface area contributed by atoms with E-state index in [1.165, 1.54) is 18.2 Å². The van der Waals surface area contributed by atoms with Gasteiger partial charge in [-0.1, -0.05) is 18.2 Å². The predicted octanol–water partition coefficient (Wildman–Crippen LogP) is 2.52. The number of nitrogens with two attached hydrogens (primary N) is 1. The lowest BCUT2D eigenvalue weighted by Gasteiger charge is -2.08. The highest BCUT2D eigenvalue weighted by Gasteiger charge is 2.20. The van der Waals surface area contributed by atoms with Crippen molar-refractivity contribution < 1.29 is 17.2 Å². The quantitative estimate of drug-likeness (QED) is 0.880. The Morgan fingerprint density at radius 1 is 1.05 bits per heavy atom. The van der Waals surface area contributed by atoms with Gasteiger partial charge in [-0.3, -0.25) is 0 Å². The molecule has 3 nitrogen and oxygen atoms in total. The fourth-order valence-corrected chi connectivity index (χ4v) is 3.20. The highest BCUT2D eigenvalue weighted by atomic mass is 32.2. The second-order valence-electron chi connectivity index (χ2n) is 4.03. The highest BCUT2D eigenvalue weighted by molar-refractivity contribution is 7.90. The van der Waals surface area contributed by atoms with E-state index in [0.29, 0.717) is 6.07 Å². The first-order valence-electron chi connectivity index (χ1n) is 5.41. The van der Waals surface area contributed by atoms with Crippen LogP contribution in [0.25, 0.3) is 0 Å². The van der Waals surface area contributed by atoms with Crippen LogP contribution in [0.4, 0.5) is 14.5 Å². The van der Waals surface area contributed by atoms with Crippen LogP contribution in [0.2, 0.25) is 0 Å². The highest BCUT2D eigenvalue weighted by Crippen LogP contribution is 2.23. The molecule has 2 N–H and O–H groups in total. The number of nitrogen functional groups attached to an aromatic ring is 1. The lowest BCUT2D eigenvalue weighted by molar-refractivity contribution is 0.569. The van der Waals surface area contributed by atoms with Crippen molar-refractivity contribution in [1.29, 1.82) is 0 Å². The van der Waals surface area contributed by atoms with Crippen LogP contribution in [0, 0.1) is 11.6 Å². The molecule has 2 rings (SSSR count). The van der Waals surface area contributed by atoms with Crippen molar-refractivity contribution in [2.75, 3.05) is 5.73 Å². The fourth-order valence-electron chi connectivity index (χ4n) is 1.68. The number of halogens is 2. The van der Waals surface area contributed by atoms with E-state index in [1.807, 2.05) is 0 Å². The second-order valence-corrected chi connectivity index (χ2v) is 5.99. The molecule has 0 spiro atoms. The standard InChI is InChI=1S/C13H11F2NO2S/c14-10-6-5-9(11(15)7-10)8-19(17,18)13-4-2-1-3-12(13)16/h1-7H,8,16H2. The average Bonchev–Trinajstić information content (AvgIpc) is 2.33. The van der Waals surface area contributed by atoms with Crippen LogP contribution in [0.1, 0.15) is 5.56 Å². The minimum atomic E-state index is -3.77. The molecule has 2 aromatic rings. The average molecular weight is 283 g/mol. The Balaban J connectivity index is 2.40. The third kappa shape index (κ3) is 2.90. The molecule has 0 aliphatic carbocycles. The Labute approximate surface area is 109 Å². The Morgan fingerprint density at radius 3 is 2.37 bits per heavy atom. The molecule has 0 aliphatic rings. The molecule has 0 amide bonds. The fraction of sp³-hybridized carbons (Fsp3) is 0.0769. The molecule has 100 valence electrons. The van der Waals surface area contributed by atoms with Crippen LogP contribution in [0.3, 0.4) is 0 Å². The van der Waals surface area contributed by atoms with Gasteiger partial charge in [-0.05, 0) is 18.2 Å². The van der Waals surface area contributed by atoms with Gasteiger partial charge in [0, 0.05) is 11.6 Å². The zero-order chi connectivity index (χ0) is 14.0. The van der Waals surface area contributed by atoms with Gasteiger partial charge in [0.15, 0.2) is 9.84 Å². The molecule has 0 atom stereocenters. The van der Waals surface area contributed by atoms with E-state index in [-0.39, 0.29) is 16.1 Å². The lowest BCUT2D eigenvalue weighted by Crippen LogP contribution is -2.09. The maximum absolute atomic E-state index is 13.5. The van der Waals surface area contributed by atoms with Crippen LogP contribution in [0.5, 0.6) is 0 Å². The monoisotopic (exact) mass is 283 g/mol. The molecule has 19 heavy (non-hydrogen) atoms. The number of rotatable bonds is 3. The van der Waals surface area contributed by atoms with Crippen molar-refractivity contribution in [2.24, 2.45) is 0 Å². The van der Waals surface area contributed by atoms with E-state index in [9.17, 15) is 17.2 Å². The number of hydrogen-bond acceptors (Lipinski definition) is 3. The minimum absolute atomic E-state index is 0.0567. The van der Waals surface area contributed by atoms with Crippen LogP contribution < -0.4 is 5.73 Å². The first-order chi connectivity index (χ1) is 8.90. The maximum Gasteiger partial charge on any atom is 0.184 e. The van der Waals surface area contributed by atoms with Gasteiger partial charge in [0.2, 0.25) is 0 Å². The van der Waals surface area contributed by atoms with Crippen LogP contribution in [-0.4, -0.2) is 8.42 Å². The van der Waals surface area contributed by atoms with E-state index in [2.05, 4.69) is 0 Å². The molecule has 0 fully saturated rings. The van der Waals surface area contributed by atoms with E-state index >= 15 is 0 Å². The first-order valence-corrected chi connectivity index (χ1v) is 7.06. The van der Waals surface area contributed by atoms with Crippen molar-refractivity contribution in [3.05, 3.63) is 59.7 Å². The molecule has 0 aliphatic heterocycles. The third-order valence-corrected chi connectivity index (χ3v) is 4.35. The van der Waals surface area contributed by atoms with Gasteiger partial charge < -0.3 is 5.73 Å². The molecule has 0 radical (unpaired) electrons. The summed E-state index contributed by atoms with van der Waals surface area (Å²) in [5.41, 5.74) is 5.60. The normalized spacial score (nSPS) is 11.5. The molecule has 0 bridgehead atoms. The number of sulfone groups is 1. The molecular formula is C13H11F2NO2S. The molecule has 0 unspecified atom stereocenters. The van der Waals surface area contributed by atoms with E-state index < -0.39 is 27.2 Å². The topological polar surface area (TPSA) is 60.2 Å². The van der Waals surface area contributed by atoms with Gasteiger partial charge in [0.25, 0.3) is 0 Å². The Kier molecular flexibility index (Phi) is 3.53. The van der Waals surface area contributed by atoms with Gasteiger partial charge in [0.05, 0.1) is 16.3 Å². The van der Waals surface area contributed by atoms with Gasteiger partial charge >= 0.3 is 0 Å². The zero-order valence-electron chi connectivity index (χ0n) is 9.81. The summed E-state index contributed by atoms with van der Waals surface area (Å²) in [6.45, 7) is 0. The van der Waals surface area contributed by atoms with Crippen LogP contribution >= 0.6 is 0 Å². The smallest absolute Gasteiger partial charge is 0.184 e. The van der Waals surface area contributed by atoms with E-state index in [4.69, 9.17) is 5.73 Å². The van der Waals surface area contributed by atoms with E-state index in [1.54, 1.807) is 6.07 Å². The Morgan fingerprint density at radius 2 is 1.74 bits per heavy atom. The third-order valence-electron chi connectivity index (χ3n) is 2.61. The zero-order valence-corrected chi connectivity index (χ0v) is 10.6. The summed E-state index contributed by atoms with van der Waals surface area (Å²) >= 11 is 0. The second kappa shape index (κ2) is 4.97. The number of hydrogen-bond donors (Lipinski definition) is 1. The number of anilines is 1. The molecule has 0 aromatic heterocycles. The largest absolute Gasteiger partial charge is 0.398 e. The number of benzene rings is 2. The first kappa shape index (κ1) is 13.5. The van der Waals surface area contributed by atoms with Crippen molar-refractivity contribution in [3.8, 4) is 0 Å². The summed E-state index contributed by atoms with van der Waals surface area (Å²) in [5, 5.41) is 0. The van der Waals surface area contributed by atoms with Crippen molar-refractivity contribution >= 4 is 15.5 Å². The predicted molar refractivity (Wildman–Crippen MR) is 68.1 cm³/mol. The van der Waals surface area contributed by atoms with Crippen molar-refractivity contribution in [3.63, 3.8) is 0 Å². The van der Waals surface area contributed by atoms with Gasteiger partial charge in [0.1, 0.15) is 11.6 Å². The molecule has 0 saturated heterocycles. The number of para-hydroxylation sites is 1. The summed E-state index contributed by atoms with van der Waals surface area (Å²) < 4.78 is 50.5. The molecule has 0 heterocycles. The van der Waals surface area contributed by atoms with E-state index in [0.717, 1.165) is 12.1 Å².